The van der Waals surface area contributed by atoms with E-state index in [0.717, 1.165) is 32.0 Å². The van der Waals surface area contributed by atoms with Crippen LogP contribution in [-0.4, -0.2) is 48.1 Å². The predicted molar refractivity (Wildman–Crippen MR) is 102 cm³/mol. The Balaban J connectivity index is 1.87. The molecule has 0 spiro atoms. The van der Waals surface area contributed by atoms with Crippen LogP contribution in [0.4, 0.5) is 17.3 Å². The van der Waals surface area contributed by atoms with Crippen molar-refractivity contribution < 1.29 is 19.2 Å². The molecular formula is C18H21N5O5. The van der Waals surface area contributed by atoms with Gasteiger partial charge < -0.3 is 19.7 Å². The van der Waals surface area contributed by atoms with Gasteiger partial charge in [-0.3, -0.25) is 14.9 Å². The van der Waals surface area contributed by atoms with Crippen molar-refractivity contribution in [3.05, 3.63) is 40.2 Å². The number of carbonyl (C=O) groups excluding carboxylic acids is 1. The standard InChI is InChI=1S/C18H21N5O5/c1-27-14-8-12(13(23(25)26)9-15(14)28-2)18(24)21-16-10-17(20-11-19-16)22-6-4-3-5-7-22/h8-11H,3-7H2,1-2H3,(H,19,20,21,24). The van der Waals surface area contributed by atoms with E-state index in [2.05, 4.69) is 20.2 Å². The predicted octanol–water partition coefficient (Wildman–Crippen LogP) is 2.64. The molecule has 2 aromatic rings. The van der Waals surface area contributed by atoms with Gasteiger partial charge in [0, 0.05) is 25.2 Å². The van der Waals surface area contributed by atoms with Crippen molar-refractivity contribution in [2.75, 3.05) is 37.5 Å². The quantitative estimate of drug-likeness (QED) is 0.593. The molecule has 1 aliphatic rings. The van der Waals surface area contributed by atoms with Crippen molar-refractivity contribution in [3.63, 3.8) is 0 Å². The topological polar surface area (TPSA) is 120 Å². The molecule has 0 atom stereocenters. The zero-order chi connectivity index (χ0) is 20.1. The van der Waals surface area contributed by atoms with Gasteiger partial charge in [0.1, 0.15) is 23.5 Å². The lowest BCUT2D eigenvalue weighted by atomic mass is 10.1. The molecule has 1 fully saturated rings. The fourth-order valence-electron chi connectivity index (χ4n) is 3.10. The molecule has 1 aromatic carbocycles. The Kier molecular flexibility index (Phi) is 5.87. The van der Waals surface area contributed by atoms with E-state index in [-0.39, 0.29) is 28.6 Å². The zero-order valence-corrected chi connectivity index (χ0v) is 15.7. The molecule has 0 radical (unpaired) electrons. The molecular weight excluding hydrogens is 366 g/mol. The van der Waals surface area contributed by atoms with E-state index in [0.29, 0.717) is 5.82 Å². The van der Waals surface area contributed by atoms with Crippen LogP contribution < -0.4 is 19.7 Å². The third kappa shape index (κ3) is 4.11. The second kappa shape index (κ2) is 8.51. The Morgan fingerprint density at radius 2 is 1.79 bits per heavy atom. The number of hydrogen-bond acceptors (Lipinski definition) is 8. The minimum atomic E-state index is -0.670. The fourth-order valence-corrected chi connectivity index (χ4v) is 3.10. The molecule has 28 heavy (non-hydrogen) atoms. The van der Waals surface area contributed by atoms with Crippen LogP contribution in [0.15, 0.2) is 24.5 Å². The number of carbonyl (C=O) groups is 1. The summed E-state index contributed by atoms with van der Waals surface area (Å²) in [4.78, 5) is 33.9. The van der Waals surface area contributed by atoms with E-state index in [1.807, 2.05) is 0 Å². The molecule has 1 N–H and O–H groups in total. The first kappa shape index (κ1) is 19.3. The highest BCUT2D eigenvalue weighted by Gasteiger charge is 2.25. The van der Waals surface area contributed by atoms with Crippen molar-refractivity contribution in [1.29, 1.82) is 0 Å². The van der Waals surface area contributed by atoms with Crippen LogP contribution in [0.2, 0.25) is 0 Å². The lowest BCUT2D eigenvalue weighted by molar-refractivity contribution is -0.385. The van der Waals surface area contributed by atoms with Gasteiger partial charge in [0.2, 0.25) is 0 Å². The normalized spacial score (nSPS) is 13.7. The smallest absolute Gasteiger partial charge is 0.286 e. The van der Waals surface area contributed by atoms with Gasteiger partial charge in [0.15, 0.2) is 11.5 Å². The van der Waals surface area contributed by atoms with Gasteiger partial charge in [0.25, 0.3) is 11.6 Å². The van der Waals surface area contributed by atoms with E-state index in [9.17, 15) is 14.9 Å². The first-order chi connectivity index (χ1) is 13.5. The molecule has 1 aromatic heterocycles. The number of nitrogens with zero attached hydrogens (tertiary/aromatic N) is 4. The molecule has 0 bridgehead atoms. The third-order valence-electron chi connectivity index (χ3n) is 4.52. The molecule has 0 unspecified atom stereocenters. The summed E-state index contributed by atoms with van der Waals surface area (Å²) >= 11 is 0. The van der Waals surface area contributed by atoms with Gasteiger partial charge in [-0.2, -0.15) is 0 Å². The molecule has 10 nitrogen and oxygen atoms in total. The highest BCUT2D eigenvalue weighted by molar-refractivity contribution is 6.07. The van der Waals surface area contributed by atoms with E-state index < -0.39 is 10.8 Å². The number of nitrogens with one attached hydrogen (secondary N) is 1. The summed E-state index contributed by atoms with van der Waals surface area (Å²) in [6.45, 7) is 1.79. The van der Waals surface area contributed by atoms with E-state index in [1.54, 1.807) is 6.07 Å². The number of aromatic nitrogens is 2. The van der Waals surface area contributed by atoms with Crippen LogP contribution >= 0.6 is 0 Å². The van der Waals surface area contributed by atoms with Crippen molar-refractivity contribution in [2.24, 2.45) is 0 Å². The van der Waals surface area contributed by atoms with Crippen molar-refractivity contribution in [2.45, 2.75) is 19.3 Å². The lowest BCUT2D eigenvalue weighted by Crippen LogP contribution is -2.30. The monoisotopic (exact) mass is 387 g/mol. The second-order valence-corrected chi connectivity index (χ2v) is 6.24. The largest absolute Gasteiger partial charge is 0.493 e. The third-order valence-corrected chi connectivity index (χ3v) is 4.52. The minimum Gasteiger partial charge on any atom is -0.493 e. The van der Waals surface area contributed by atoms with Gasteiger partial charge in [-0.25, -0.2) is 9.97 Å². The minimum absolute atomic E-state index is 0.152. The average Bonchev–Trinajstić information content (AvgIpc) is 2.73. The first-order valence-electron chi connectivity index (χ1n) is 8.82. The number of piperidine rings is 1. The number of rotatable bonds is 6. The van der Waals surface area contributed by atoms with E-state index in [4.69, 9.17) is 9.47 Å². The Morgan fingerprint density at radius 1 is 1.11 bits per heavy atom. The first-order valence-corrected chi connectivity index (χ1v) is 8.82. The Hall–Kier alpha value is -3.43. The summed E-state index contributed by atoms with van der Waals surface area (Å²) in [5.74, 6) is 0.697. The highest BCUT2D eigenvalue weighted by Crippen LogP contribution is 2.34. The number of anilines is 2. The Morgan fingerprint density at radius 3 is 2.43 bits per heavy atom. The second-order valence-electron chi connectivity index (χ2n) is 6.24. The molecule has 2 heterocycles. The van der Waals surface area contributed by atoms with Gasteiger partial charge in [-0.05, 0) is 19.3 Å². The molecule has 1 amide bonds. The van der Waals surface area contributed by atoms with Gasteiger partial charge >= 0.3 is 0 Å². The summed E-state index contributed by atoms with van der Waals surface area (Å²) < 4.78 is 10.2. The summed E-state index contributed by atoms with van der Waals surface area (Å²) in [5.41, 5.74) is -0.541. The SMILES string of the molecule is COc1cc(C(=O)Nc2cc(N3CCCCC3)ncn2)c([N+](=O)[O-])cc1OC. The van der Waals surface area contributed by atoms with Crippen LogP contribution in [0, 0.1) is 10.1 Å². The van der Waals surface area contributed by atoms with Crippen molar-refractivity contribution >= 4 is 23.2 Å². The lowest BCUT2D eigenvalue weighted by Gasteiger charge is -2.27. The van der Waals surface area contributed by atoms with Crippen LogP contribution in [0.5, 0.6) is 11.5 Å². The van der Waals surface area contributed by atoms with Gasteiger partial charge in [0.05, 0.1) is 25.2 Å². The Labute approximate surface area is 161 Å². The summed E-state index contributed by atoms with van der Waals surface area (Å²) in [7, 11) is 2.75. The van der Waals surface area contributed by atoms with E-state index in [1.165, 1.54) is 33.0 Å². The molecule has 0 saturated carbocycles. The molecule has 3 rings (SSSR count). The maximum Gasteiger partial charge on any atom is 0.286 e. The Bertz CT molecular complexity index is 883. The molecule has 0 aliphatic carbocycles. The molecule has 1 aliphatic heterocycles. The van der Waals surface area contributed by atoms with Gasteiger partial charge in [-0.1, -0.05) is 0 Å². The van der Waals surface area contributed by atoms with Crippen LogP contribution in [0.3, 0.4) is 0 Å². The zero-order valence-electron chi connectivity index (χ0n) is 15.7. The number of nitro groups is 1. The maximum absolute atomic E-state index is 12.7. The molecule has 10 heteroatoms. The fraction of sp³-hybridized carbons (Fsp3) is 0.389. The highest BCUT2D eigenvalue weighted by atomic mass is 16.6. The summed E-state index contributed by atoms with van der Waals surface area (Å²) in [5, 5.41) is 14.0. The van der Waals surface area contributed by atoms with Crippen molar-refractivity contribution in [3.8, 4) is 11.5 Å². The summed E-state index contributed by atoms with van der Waals surface area (Å²) in [6, 6.07) is 4.10. The number of ether oxygens (including phenoxy) is 2. The van der Waals surface area contributed by atoms with Gasteiger partial charge in [-0.15, -0.1) is 0 Å². The summed E-state index contributed by atoms with van der Waals surface area (Å²) in [6.07, 6.45) is 4.73. The number of benzene rings is 1. The number of amides is 1. The maximum atomic E-state index is 12.7. The molecule has 1 saturated heterocycles. The average molecular weight is 387 g/mol. The van der Waals surface area contributed by atoms with E-state index >= 15 is 0 Å². The van der Waals surface area contributed by atoms with Crippen LogP contribution in [-0.2, 0) is 0 Å². The van der Waals surface area contributed by atoms with Crippen molar-refractivity contribution in [1.82, 2.24) is 9.97 Å². The number of nitro benzene ring substituents is 1. The number of methoxy groups -OCH3 is 2. The number of hydrogen-bond donors (Lipinski definition) is 1. The van der Waals surface area contributed by atoms with Crippen LogP contribution in [0.1, 0.15) is 29.6 Å². The van der Waals surface area contributed by atoms with Crippen LogP contribution in [0.25, 0.3) is 0 Å². The molecule has 148 valence electrons.